The van der Waals surface area contributed by atoms with Gasteiger partial charge in [0, 0.05) is 42.4 Å². The van der Waals surface area contributed by atoms with Crippen molar-refractivity contribution in [3.8, 4) is 5.69 Å². The van der Waals surface area contributed by atoms with Crippen molar-refractivity contribution in [3.63, 3.8) is 0 Å². The van der Waals surface area contributed by atoms with E-state index in [0.29, 0.717) is 18.1 Å². The molecule has 0 bridgehead atoms. The van der Waals surface area contributed by atoms with Gasteiger partial charge in [0.25, 0.3) is 0 Å². The van der Waals surface area contributed by atoms with Gasteiger partial charge in [-0.2, -0.15) is 0 Å². The Morgan fingerprint density at radius 2 is 1.84 bits per heavy atom. The van der Waals surface area contributed by atoms with Crippen LogP contribution in [0, 0.1) is 13.8 Å². The number of carbonyl (C=O) groups excluding carboxylic acids is 1. The fraction of sp³-hybridized carbons (Fsp3) is 0.258. The minimum atomic E-state index is -0.146. The van der Waals surface area contributed by atoms with E-state index in [1.165, 1.54) is 11.1 Å². The van der Waals surface area contributed by atoms with E-state index in [4.69, 9.17) is 12.2 Å². The van der Waals surface area contributed by atoms with Crippen LogP contribution in [0.3, 0.4) is 0 Å². The molecule has 0 unspecified atom stereocenters. The first-order valence-electron chi connectivity index (χ1n) is 13.1. The smallest absolute Gasteiger partial charge is 0.226 e. The summed E-state index contributed by atoms with van der Waals surface area (Å²) in [6.07, 6.45) is 5.07. The topological polar surface area (TPSA) is 62.2 Å². The number of thiocarbonyl (C=S) groups is 1. The summed E-state index contributed by atoms with van der Waals surface area (Å²) in [5.74, 6) is -0.0294. The summed E-state index contributed by atoms with van der Waals surface area (Å²) in [6.45, 7) is 6.83. The van der Waals surface area contributed by atoms with Crippen molar-refractivity contribution in [2.24, 2.45) is 0 Å². The Morgan fingerprint density at radius 3 is 2.61 bits per heavy atom. The standard InChI is InChI=1S/C31H33N5OS/c1-4-23-10-5-6-11-25(23)33-28(37)16-19-36-30(29(34-31(36)38)26-12-7-8-17-32-26)27-13-9-18-35(27)24-15-14-21(2)22(3)20-24/h5-15,17-18,20,29-30H,4,16,19H2,1-3H3,(H,33,37)(H,34,38)/t29-,30+/m0/s1. The summed E-state index contributed by atoms with van der Waals surface area (Å²) < 4.78 is 2.22. The average molecular weight is 524 g/mol. The molecule has 1 amide bonds. The normalized spacial score (nSPS) is 16.9. The Hall–Kier alpha value is -3.97. The molecular weight excluding hydrogens is 490 g/mol. The van der Waals surface area contributed by atoms with Crippen LogP contribution in [0.2, 0.25) is 0 Å². The number of carbonyl (C=O) groups is 1. The molecule has 38 heavy (non-hydrogen) atoms. The Bertz CT molecular complexity index is 1450. The zero-order chi connectivity index (χ0) is 26.6. The summed E-state index contributed by atoms with van der Waals surface area (Å²) in [5, 5.41) is 7.22. The van der Waals surface area contributed by atoms with Crippen LogP contribution in [0.1, 0.15) is 53.5 Å². The molecule has 4 aromatic rings. The predicted molar refractivity (Wildman–Crippen MR) is 156 cm³/mol. The Kier molecular flexibility index (Phi) is 7.56. The van der Waals surface area contributed by atoms with E-state index in [0.717, 1.165) is 34.7 Å². The van der Waals surface area contributed by atoms with Gasteiger partial charge in [-0.3, -0.25) is 9.78 Å². The minimum absolute atomic E-state index is 0.0294. The number of benzene rings is 2. The molecule has 1 aliphatic heterocycles. The van der Waals surface area contributed by atoms with E-state index in [1.54, 1.807) is 6.20 Å². The van der Waals surface area contributed by atoms with Gasteiger partial charge in [0.2, 0.25) is 5.91 Å². The highest BCUT2D eigenvalue weighted by atomic mass is 32.1. The molecule has 6 nitrogen and oxygen atoms in total. The monoisotopic (exact) mass is 523 g/mol. The van der Waals surface area contributed by atoms with Gasteiger partial charge >= 0.3 is 0 Å². The molecule has 194 valence electrons. The molecule has 0 saturated carbocycles. The molecule has 0 aliphatic carbocycles. The first-order chi connectivity index (χ1) is 18.5. The van der Waals surface area contributed by atoms with Crippen LogP contribution in [0.15, 0.2) is 85.2 Å². The third-order valence-corrected chi connectivity index (χ3v) is 7.65. The van der Waals surface area contributed by atoms with E-state index in [-0.39, 0.29) is 18.0 Å². The van der Waals surface area contributed by atoms with E-state index in [9.17, 15) is 4.79 Å². The average Bonchev–Trinajstić information content (AvgIpc) is 3.54. The number of aryl methyl sites for hydroxylation is 3. The van der Waals surface area contributed by atoms with Gasteiger partial charge in [0.15, 0.2) is 5.11 Å². The van der Waals surface area contributed by atoms with Gasteiger partial charge in [0.05, 0.1) is 17.8 Å². The number of amides is 1. The lowest BCUT2D eigenvalue weighted by Crippen LogP contribution is -2.33. The van der Waals surface area contributed by atoms with Crippen molar-refractivity contribution in [2.75, 3.05) is 11.9 Å². The molecule has 1 aliphatic rings. The van der Waals surface area contributed by atoms with Crippen molar-refractivity contribution >= 4 is 28.9 Å². The number of aromatic nitrogens is 2. The van der Waals surface area contributed by atoms with Crippen LogP contribution >= 0.6 is 12.2 Å². The molecule has 2 N–H and O–H groups in total. The van der Waals surface area contributed by atoms with Crippen LogP contribution in [0.4, 0.5) is 5.69 Å². The molecule has 1 fully saturated rings. The van der Waals surface area contributed by atoms with Gasteiger partial charge in [0.1, 0.15) is 0 Å². The number of pyridine rings is 1. The fourth-order valence-electron chi connectivity index (χ4n) is 5.10. The van der Waals surface area contributed by atoms with Crippen LogP contribution in [0.25, 0.3) is 5.69 Å². The zero-order valence-electron chi connectivity index (χ0n) is 22.0. The van der Waals surface area contributed by atoms with Crippen molar-refractivity contribution in [3.05, 3.63) is 113 Å². The quantitative estimate of drug-likeness (QED) is 0.275. The molecule has 5 rings (SSSR count). The van der Waals surface area contributed by atoms with Gasteiger partial charge < -0.3 is 20.1 Å². The van der Waals surface area contributed by atoms with E-state index in [1.807, 2.05) is 42.5 Å². The highest BCUT2D eigenvalue weighted by Gasteiger charge is 2.41. The number of anilines is 1. The van der Waals surface area contributed by atoms with Gasteiger partial charge in [-0.1, -0.05) is 37.3 Å². The van der Waals surface area contributed by atoms with E-state index < -0.39 is 0 Å². The van der Waals surface area contributed by atoms with Gasteiger partial charge in [-0.05, 0) is 91.6 Å². The fourth-order valence-corrected chi connectivity index (χ4v) is 5.43. The third-order valence-electron chi connectivity index (χ3n) is 7.30. The van der Waals surface area contributed by atoms with Gasteiger partial charge in [-0.25, -0.2) is 0 Å². The van der Waals surface area contributed by atoms with Crippen LogP contribution in [0.5, 0.6) is 0 Å². The minimum Gasteiger partial charge on any atom is -0.352 e. The number of hydrogen-bond acceptors (Lipinski definition) is 3. The van der Waals surface area contributed by atoms with Crippen LogP contribution in [-0.2, 0) is 11.2 Å². The van der Waals surface area contributed by atoms with E-state index in [2.05, 4.69) is 82.4 Å². The molecule has 0 spiro atoms. The number of hydrogen-bond donors (Lipinski definition) is 2. The zero-order valence-corrected chi connectivity index (χ0v) is 22.8. The van der Waals surface area contributed by atoms with Crippen molar-refractivity contribution in [1.82, 2.24) is 19.8 Å². The molecule has 1 saturated heterocycles. The summed E-state index contributed by atoms with van der Waals surface area (Å²) >= 11 is 5.83. The maximum Gasteiger partial charge on any atom is 0.226 e. The molecule has 3 heterocycles. The van der Waals surface area contributed by atoms with Crippen molar-refractivity contribution in [1.29, 1.82) is 0 Å². The SMILES string of the molecule is CCc1ccccc1NC(=O)CCN1C(=S)N[C@@H](c2ccccn2)[C@H]1c1cccn1-c1ccc(C)c(C)c1. The molecule has 2 aromatic heterocycles. The Balaban J connectivity index is 1.45. The number of para-hydroxylation sites is 1. The first kappa shape index (κ1) is 25.7. The molecule has 2 atom stereocenters. The predicted octanol–water partition coefficient (Wildman–Crippen LogP) is 6.05. The Morgan fingerprint density at radius 1 is 1.03 bits per heavy atom. The summed E-state index contributed by atoms with van der Waals surface area (Å²) in [5.41, 5.74) is 7.59. The lowest BCUT2D eigenvalue weighted by atomic mass is 10.0. The van der Waals surface area contributed by atoms with E-state index >= 15 is 0 Å². The summed E-state index contributed by atoms with van der Waals surface area (Å²) in [6, 6.07) is 24.3. The highest BCUT2D eigenvalue weighted by Crippen LogP contribution is 2.39. The molecule has 0 radical (unpaired) electrons. The third kappa shape index (κ3) is 5.20. The van der Waals surface area contributed by atoms with Crippen LogP contribution < -0.4 is 10.6 Å². The second-order valence-corrected chi connectivity index (χ2v) is 10.1. The lowest BCUT2D eigenvalue weighted by Gasteiger charge is -2.29. The van der Waals surface area contributed by atoms with Crippen molar-refractivity contribution in [2.45, 2.75) is 45.7 Å². The maximum atomic E-state index is 13.0. The molecular formula is C31H33N5OS. The number of nitrogens with one attached hydrogen (secondary N) is 2. The lowest BCUT2D eigenvalue weighted by molar-refractivity contribution is -0.116. The van der Waals surface area contributed by atoms with Gasteiger partial charge in [-0.15, -0.1) is 0 Å². The van der Waals surface area contributed by atoms with Crippen LogP contribution in [-0.4, -0.2) is 32.0 Å². The Labute approximate surface area is 229 Å². The number of nitrogens with zero attached hydrogens (tertiary/aromatic N) is 3. The first-order valence-corrected chi connectivity index (χ1v) is 13.5. The largest absolute Gasteiger partial charge is 0.352 e. The summed E-state index contributed by atoms with van der Waals surface area (Å²) in [7, 11) is 0. The second kappa shape index (κ2) is 11.2. The second-order valence-electron chi connectivity index (χ2n) is 9.70. The number of rotatable bonds is 8. The van der Waals surface area contributed by atoms with Crippen molar-refractivity contribution < 1.29 is 4.79 Å². The molecule has 2 aromatic carbocycles. The molecule has 7 heteroatoms. The highest BCUT2D eigenvalue weighted by molar-refractivity contribution is 7.80. The summed E-state index contributed by atoms with van der Waals surface area (Å²) in [4.78, 5) is 19.8. The maximum absolute atomic E-state index is 13.0.